The van der Waals surface area contributed by atoms with E-state index < -0.39 is 0 Å². The van der Waals surface area contributed by atoms with Gasteiger partial charge < -0.3 is 5.32 Å². The largest absolute Gasteiger partial charge is 0.317 e. The van der Waals surface area contributed by atoms with Crippen LogP contribution in [0.3, 0.4) is 0 Å². The molecule has 0 aromatic carbocycles. The molecule has 2 heterocycles. The summed E-state index contributed by atoms with van der Waals surface area (Å²) in [4.78, 5) is 16.1. The van der Waals surface area contributed by atoms with Crippen molar-refractivity contribution in [1.82, 2.24) is 16.2 Å². The van der Waals surface area contributed by atoms with Gasteiger partial charge in [0.1, 0.15) is 11.9 Å². The van der Waals surface area contributed by atoms with Gasteiger partial charge in [-0.1, -0.05) is 13.8 Å². The first-order valence-corrected chi connectivity index (χ1v) is 6.02. The van der Waals surface area contributed by atoms with E-state index in [0.29, 0.717) is 5.92 Å². The summed E-state index contributed by atoms with van der Waals surface area (Å²) in [6, 6.07) is -0.230. The summed E-state index contributed by atoms with van der Waals surface area (Å²) in [5.74, 6) is 1.65. The van der Waals surface area contributed by atoms with Gasteiger partial charge in [-0.25, -0.2) is 0 Å². The van der Waals surface area contributed by atoms with E-state index in [-0.39, 0.29) is 17.9 Å². The van der Waals surface area contributed by atoms with Gasteiger partial charge in [-0.15, -0.1) is 0 Å². The van der Waals surface area contributed by atoms with Crippen molar-refractivity contribution in [2.45, 2.75) is 32.7 Å². The third kappa shape index (κ3) is 2.35. The smallest absolute Gasteiger partial charge is 0.263 e. The summed E-state index contributed by atoms with van der Waals surface area (Å²) in [5.41, 5.74) is 5.67. The van der Waals surface area contributed by atoms with Gasteiger partial charge in [-0.05, 0) is 31.8 Å². The van der Waals surface area contributed by atoms with E-state index >= 15 is 0 Å². The molecule has 0 spiro atoms. The third-order valence-corrected chi connectivity index (χ3v) is 3.22. The molecule has 0 aliphatic carbocycles. The Hall–Kier alpha value is -1.10. The zero-order valence-electron chi connectivity index (χ0n) is 9.92. The number of hydrazine groups is 1. The molecule has 5 nitrogen and oxygen atoms in total. The highest BCUT2D eigenvalue weighted by molar-refractivity contribution is 5.94. The highest BCUT2D eigenvalue weighted by atomic mass is 16.2. The zero-order valence-corrected chi connectivity index (χ0v) is 9.92. The van der Waals surface area contributed by atoms with E-state index in [0.717, 1.165) is 31.8 Å². The lowest BCUT2D eigenvalue weighted by Crippen LogP contribution is -2.55. The fourth-order valence-corrected chi connectivity index (χ4v) is 2.19. The summed E-state index contributed by atoms with van der Waals surface area (Å²) in [5, 5.41) is 3.33. The first-order chi connectivity index (χ1) is 7.68. The molecule has 5 heteroatoms. The number of nitrogens with zero attached hydrogens (tertiary/aromatic N) is 1. The summed E-state index contributed by atoms with van der Waals surface area (Å²) in [6.45, 7) is 6.12. The molecule has 0 aromatic heterocycles. The lowest BCUT2D eigenvalue weighted by molar-refractivity contribution is -0.124. The zero-order chi connectivity index (χ0) is 11.5. The van der Waals surface area contributed by atoms with E-state index in [9.17, 15) is 4.79 Å². The van der Waals surface area contributed by atoms with E-state index in [1.54, 1.807) is 0 Å². The maximum atomic E-state index is 11.6. The van der Waals surface area contributed by atoms with Crippen LogP contribution in [0.2, 0.25) is 0 Å². The number of amidine groups is 1. The molecular weight excluding hydrogens is 204 g/mol. The van der Waals surface area contributed by atoms with Gasteiger partial charge in [-0.3, -0.25) is 20.6 Å². The standard InChI is InChI=1S/C11H20N4O/c1-7(2)9-11(16)15-14-10(13-9)8-3-5-12-6-4-8/h7-9,12H,3-6H2,1-2H3,(H,13,14)(H,15,16)/t9-/m1/s1. The second kappa shape index (κ2) is 4.82. The molecule has 0 radical (unpaired) electrons. The summed E-state index contributed by atoms with van der Waals surface area (Å²) >= 11 is 0. The average Bonchev–Trinajstić information content (AvgIpc) is 2.30. The van der Waals surface area contributed by atoms with Crippen molar-refractivity contribution >= 4 is 11.7 Å². The van der Waals surface area contributed by atoms with Gasteiger partial charge in [0, 0.05) is 5.92 Å². The maximum Gasteiger partial charge on any atom is 0.263 e. The summed E-state index contributed by atoms with van der Waals surface area (Å²) in [6.07, 6.45) is 2.18. The van der Waals surface area contributed by atoms with Crippen LogP contribution >= 0.6 is 0 Å². The minimum Gasteiger partial charge on any atom is -0.317 e. The van der Waals surface area contributed by atoms with Crippen LogP contribution in [0.15, 0.2) is 4.99 Å². The van der Waals surface area contributed by atoms with Gasteiger partial charge in [0.2, 0.25) is 0 Å². The van der Waals surface area contributed by atoms with E-state index in [1.807, 2.05) is 13.8 Å². The Kier molecular flexibility index (Phi) is 3.43. The molecule has 0 bridgehead atoms. The molecule has 1 amide bonds. The number of nitrogens with one attached hydrogen (secondary N) is 3. The van der Waals surface area contributed by atoms with Crippen LogP contribution in [0.1, 0.15) is 26.7 Å². The van der Waals surface area contributed by atoms with Crippen molar-refractivity contribution in [3.63, 3.8) is 0 Å². The molecule has 2 aliphatic rings. The van der Waals surface area contributed by atoms with Crippen molar-refractivity contribution in [3.8, 4) is 0 Å². The highest BCUT2D eigenvalue weighted by Crippen LogP contribution is 2.17. The SMILES string of the molecule is CC(C)[C@H]1N=C(C2CCNCC2)NNC1=O. The predicted molar refractivity (Wildman–Crippen MR) is 62.9 cm³/mol. The number of hydrogen-bond acceptors (Lipinski definition) is 4. The van der Waals surface area contributed by atoms with Crippen molar-refractivity contribution < 1.29 is 4.79 Å². The predicted octanol–water partition coefficient (Wildman–Crippen LogP) is 0.0435. The molecule has 1 atom stereocenters. The minimum absolute atomic E-state index is 0.0207. The number of aliphatic imine (C=N–C) groups is 1. The summed E-state index contributed by atoms with van der Waals surface area (Å²) < 4.78 is 0. The van der Waals surface area contributed by atoms with E-state index in [2.05, 4.69) is 21.2 Å². The number of carbonyl (C=O) groups excluding carboxylic acids is 1. The van der Waals surface area contributed by atoms with Crippen LogP contribution in [-0.4, -0.2) is 30.9 Å². The number of amides is 1. The molecule has 3 N–H and O–H groups in total. The molecule has 2 rings (SSSR count). The quantitative estimate of drug-likeness (QED) is 0.620. The van der Waals surface area contributed by atoms with Gasteiger partial charge in [0.05, 0.1) is 0 Å². The first-order valence-electron chi connectivity index (χ1n) is 6.02. The van der Waals surface area contributed by atoms with Crippen LogP contribution in [0, 0.1) is 11.8 Å². The second-order valence-corrected chi connectivity index (χ2v) is 4.84. The van der Waals surface area contributed by atoms with Crippen LogP contribution in [-0.2, 0) is 4.79 Å². The molecule has 2 aliphatic heterocycles. The van der Waals surface area contributed by atoms with E-state index in [4.69, 9.17) is 0 Å². The Morgan fingerprint density at radius 3 is 2.56 bits per heavy atom. The maximum absolute atomic E-state index is 11.6. The van der Waals surface area contributed by atoms with Crippen LogP contribution in [0.5, 0.6) is 0 Å². The molecule has 0 aromatic rings. The monoisotopic (exact) mass is 224 g/mol. The minimum atomic E-state index is -0.230. The molecule has 0 unspecified atom stereocenters. The van der Waals surface area contributed by atoms with Gasteiger partial charge in [0.25, 0.3) is 5.91 Å². The Balaban J connectivity index is 2.08. The van der Waals surface area contributed by atoms with Crippen LogP contribution in [0.25, 0.3) is 0 Å². The Labute approximate surface area is 96.1 Å². The van der Waals surface area contributed by atoms with Gasteiger partial charge >= 0.3 is 0 Å². The summed E-state index contributed by atoms with van der Waals surface area (Å²) in [7, 11) is 0. The second-order valence-electron chi connectivity index (χ2n) is 4.84. The van der Waals surface area contributed by atoms with Crippen LogP contribution in [0.4, 0.5) is 0 Å². The van der Waals surface area contributed by atoms with Crippen LogP contribution < -0.4 is 16.2 Å². The Bertz CT molecular complexity index is 294. The fraction of sp³-hybridized carbons (Fsp3) is 0.818. The number of piperidine rings is 1. The highest BCUT2D eigenvalue weighted by Gasteiger charge is 2.29. The lowest BCUT2D eigenvalue weighted by Gasteiger charge is -2.30. The Morgan fingerprint density at radius 2 is 1.94 bits per heavy atom. The van der Waals surface area contributed by atoms with Gasteiger partial charge in [-0.2, -0.15) is 0 Å². The molecular formula is C11H20N4O. The fourth-order valence-electron chi connectivity index (χ4n) is 2.19. The van der Waals surface area contributed by atoms with E-state index in [1.165, 1.54) is 0 Å². The molecule has 1 saturated heterocycles. The number of rotatable bonds is 2. The third-order valence-electron chi connectivity index (χ3n) is 3.22. The van der Waals surface area contributed by atoms with Crippen molar-refractivity contribution in [3.05, 3.63) is 0 Å². The molecule has 1 fully saturated rings. The molecule has 0 saturated carbocycles. The lowest BCUT2D eigenvalue weighted by atomic mass is 9.95. The average molecular weight is 224 g/mol. The normalized spacial score (nSPS) is 27.3. The van der Waals surface area contributed by atoms with Crippen molar-refractivity contribution in [2.24, 2.45) is 16.8 Å². The molecule has 16 heavy (non-hydrogen) atoms. The number of carbonyl (C=O) groups is 1. The first kappa shape index (κ1) is 11.4. The molecule has 90 valence electrons. The topological polar surface area (TPSA) is 65.5 Å². The number of hydrogen-bond donors (Lipinski definition) is 3. The van der Waals surface area contributed by atoms with Crippen molar-refractivity contribution in [2.75, 3.05) is 13.1 Å². The van der Waals surface area contributed by atoms with Crippen molar-refractivity contribution in [1.29, 1.82) is 0 Å². The Morgan fingerprint density at radius 1 is 1.25 bits per heavy atom. The van der Waals surface area contributed by atoms with Gasteiger partial charge in [0.15, 0.2) is 0 Å².